The summed E-state index contributed by atoms with van der Waals surface area (Å²) in [7, 11) is 1.62. The van der Waals surface area contributed by atoms with Gasteiger partial charge in [0.2, 0.25) is 0 Å². The van der Waals surface area contributed by atoms with E-state index in [0.717, 1.165) is 36.7 Å². The number of aryl methyl sites for hydroxylation is 1. The zero-order valence-corrected chi connectivity index (χ0v) is 15.6. The molecule has 4 nitrogen and oxygen atoms in total. The number of hydrogen-bond donors (Lipinski definition) is 1. The highest BCUT2D eigenvalue weighted by atomic mass is 35.5. The van der Waals surface area contributed by atoms with Gasteiger partial charge in [0.25, 0.3) is 5.91 Å². The van der Waals surface area contributed by atoms with E-state index in [4.69, 9.17) is 4.74 Å². The van der Waals surface area contributed by atoms with Crippen LogP contribution in [0.15, 0.2) is 35.7 Å². The fourth-order valence-corrected chi connectivity index (χ4v) is 3.71. The molecule has 1 amide bonds. The fourth-order valence-electron chi connectivity index (χ4n) is 2.90. The number of thiophene rings is 1. The molecule has 2 aromatic rings. The van der Waals surface area contributed by atoms with Crippen molar-refractivity contribution in [3.63, 3.8) is 0 Å². The Morgan fingerprint density at radius 3 is 2.75 bits per heavy atom. The quantitative estimate of drug-likeness (QED) is 0.900. The summed E-state index contributed by atoms with van der Waals surface area (Å²) in [6, 6.07) is 10.5. The molecule has 130 valence electrons. The third kappa shape index (κ3) is 3.91. The monoisotopic (exact) mass is 366 g/mol. The molecule has 1 atom stereocenters. The molecule has 1 saturated heterocycles. The Balaban J connectivity index is 0.00000208. The van der Waals surface area contributed by atoms with Crippen LogP contribution in [0.2, 0.25) is 0 Å². The van der Waals surface area contributed by atoms with Gasteiger partial charge < -0.3 is 15.0 Å². The van der Waals surface area contributed by atoms with E-state index < -0.39 is 0 Å². The maximum atomic E-state index is 12.9. The molecule has 0 radical (unpaired) electrons. The maximum absolute atomic E-state index is 12.9. The predicted octanol–water partition coefficient (Wildman–Crippen LogP) is 3.53. The molecule has 1 aromatic heterocycles. The maximum Gasteiger partial charge on any atom is 0.264 e. The Morgan fingerprint density at radius 2 is 2.12 bits per heavy atom. The minimum Gasteiger partial charge on any atom is -0.496 e. The van der Waals surface area contributed by atoms with Gasteiger partial charge >= 0.3 is 0 Å². The number of benzene rings is 1. The van der Waals surface area contributed by atoms with E-state index in [2.05, 4.69) is 36.5 Å². The first kappa shape index (κ1) is 18.8. The number of carbonyl (C=O) groups excluding carboxylic acids is 1. The number of nitrogens with zero attached hydrogens (tertiary/aromatic N) is 1. The van der Waals surface area contributed by atoms with E-state index in [0.29, 0.717) is 0 Å². The summed E-state index contributed by atoms with van der Waals surface area (Å²) in [6.07, 6.45) is 1.03. The average molecular weight is 367 g/mol. The van der Waals surface area contributed by atoms with Gasteiger partial charge in [-0.2, -0.15) is 0 Å². The molecule has 1 unspecified atom stereocenters. The van der Waals surface area contributed by atoms with E-state index in [1.807, 2.05) is 16.3 Å². The highest BCUT2D eigenvalue weighted by molar-refractivity contribution is 7.12. The lowest BCUT2D eigenvalue weighted by Crippen LogP contribution is -2.48. The Labute approximate surface area is 153 Å². The smallest absolute Gasteiger partial charge is 0.264 e. The molecule has 0 aliphatic carbocycles. The minimum absolute atomic E-state index is 0. The number of rotatable bonds is 4. The second kappa shape index (κ2) is 8.51. The second-order valence-electron chi connectivity index (χ2n) is 5.66. The van der Waals surface area contributed by atoms with Crippen LogP contribution >= 0.6 is 23.7 Å². The van der Waals surface area contributed by atoms with Crippen LogP contribution in [-0.4, -0.2) is 37.6 Å². The van der Waals surface area contributed by atoms with Gasteiger partial charge in [-0.05, 0) is 17.5 Å². The summed E-state index contributed by atoms with van der Waals surface area (Å²) in [5.74, 6) is 0.835. The van der Waals surface area contributed by atoms with Gasteiger partial charge in [-0.1, -0.05) is 31.2 Å². The summed E-state index contributed by atoms with van der Waals surface area (Å²) in [4.78, 5) is 15.6. The van der Waals surface area contributed by atoms with E-state index in [1.54, 1.807) is 7.11 Å². The van der Waals surface area contributed by atoms with E-state index in [-0.39, 0.29) is 24.4 Å². The molecule has 24 heavy (non-hydrogen) atoms. The van der Waals surface area contributed by atoms with Crippen molar-refractivity contribution in [2.24, 2.45) is 0 Å². The Hall–Kier alpha value is -1.56. The van der Waals surface area contributed by atoms with Gasteiger partial charge in [-0.25, -0.2) is 0 Å². The van der Waals surface area contributed by atoms with Gasteiger partial charge in [0.05, 0.1) is 18.0 Å². The minimum atomic E-state index is 0. The van der Waals surface area contributed by atoms with Crippen LogP contribution in [0.1, 0.15) is 33.8 Å². The molecular formula is C18H23ClN2O2S. The number of halogens is 1. The van der Waals surface area contributed by atoms with Crippen molar-refractivity contribution in [2.75, 3.05) is 26.7 Å². The zero-order valence-electron chi connectivity index (χ0n) is 14.0. The SMILES string of the molecule is CCc1ccc(C2CNCCN2C(=O)c2cc(OC)cs2)cc1.Cl. The molecule has 3 rings (SSSR count). The number of carbonyl (C=O) groups is 1. The summed E-state index contributed by atoms with van der Waals surface area (Å²) in [5, 5.41) is 5.27. The Morgan fingerprint density at radius 1 is 1.38 bits per heavy atom. The van der Waals surface area contributed by atoms with E-state index in [1.165, 1.54) is 22.5 Å². The number of hydrogen-bond acceptors (Lipinski definition) is 4. The lowest BCUT2D eigenvalue weighted by molar-refractivity contribution is 0.0639. The first-order chi connectivity index (χ1) is 11.2. The highest BCUT2D eigenvalue weighted by Gasteiger charge is 2.29. The van der Waals surface area contributed by atoms with Crippen molar-refractivity contribution in [3.05, 3.63) is 51.7 Å². The van der Waals surface area contributed by atoms with Crippen molar-refractivity contribution in [3.8, 4) is 5.75 Å². The summed E-state index contributed by atoms with van der Waals surface area (Å²) >= 11 is 1.44. The fraction of sp³-hybridized carbons (Fsp3) is 0.389. The summed E-state index contributed by atoms with van der Waals surface area (Å²) < 4.78 is 5.20. The first-order valence-electron chi connectivity index (χ1n) is 7.96. The Kier molecular flexibility index (Phi) is 6.66. The van der Waals surface area contributed by atoms with Gasteiger partial charge in [0.15, 0.2) is 0 Å². The van der Waals surface area contributed by atoms with E-state index >= 15 is 0 Å². The summed E-state index contributed by atoms with van der Waals surface area (Å²) in [6.45, 7) is 4.49. The van der Waals surface area contributed by atoms with Crippen LogP contribution in [0.5, 0.6) is 5.75 Å². The highest BCUT2D eigenvalue weighted by Crippen LogP contribution is 2.28. The van der Waals surface area contributed by atoms with Crippen LogP contribution < -0.4 is 10.1 Å². The molecule has 2 heterocycles. The number of nitrogens with one attached hydrogen (secondary N) is 1. The molecule has 0 saturated carbocycles. The summed E-state index contributed by atoms with van der Waals surface area (Å²) in [5.41, 5.74) is 2.50. The third-order valence-corrected chi connectivity index (χ3v) is 5.20. The largest absolute Gasteiger partial charge is 0.496 e. The van der Waals surface area contributed by atoms with Gasteiger partial charge in [-0.15, -0.1) is 23.7 Å². The zero-order chi connectivity index (χ0) is 16.2. The van der Waals surface area contributed by atoms with Gasteiger partial charge in [0.1, 0.15) is 5.75 Å². The molecule has 1 aliphatic heterocycles. The molecule has 1 aliphatic rings. The van der Waals surface area contributed by atoms with Crippen molar-refractivity contribution in [2.45, 2.75) is 19.4 Å². The average Bonchev–Trinajstić information content (AvgIpc) is 3.10. The molecule has 1 fully saturated rings. The van der Waals surface area contributed by atoms with Crippen LogP contribution in [0.3, 0.4) is 0 Å². The predicted molar refractivity (Wildman–Crippen MR) is 101 cm³/mol. The lowest BCUT2D eigenvalue weighted by Gasteiger charge is -2.36. The first-order valence-corrected chi connectivity index (χ1v) is 8.84. The number of methoxy groups -OCH3 is 1. The van der Waals surface area contributed by atoms with Crippen molar-refractivity contribution in [1.82, 2.24) is 10.2 Å². The topological polar surface area (TPSA) is 41.6 Å². The second-order valence-corrected chi connectivity index (χ2v) is 6.58. The van der Waals surface area contributed by atoms with Crippen molar-refractivity contribution < 1.29 is 9.53 Å². The van der Waals surface area contributed by atoms with E-state index in [9.17, 15) is 4.79 Å². The number of amides is 1. The molecular weight excluding hydrogens is 344 g/mol. The molecule has 1 aromatic carbocycles. The van der Waals surface area contributed by atoms with Crippen LogP contribution in [0.25, 0.3) is 0 Å². The molecule has 1 N–H and O–H groups in total. The van der Waals surface area contributed by atoms with Crippen molar-refractivity contribution in [1.29, 1.82) is 0 Å². The molecule has 0 spiro atoms. The molecule has 0 bridgehead atoms. The van der Waals surface area contributed by atoms with Crippen LogP contribution in [0.4, 0.5) is 0 Å². The van der Waals surface area contributed by atoms with Gasteiger partial charge in [0, 0.05) is 31.1 Å². The number of ether oxygens (including phenoxy) is 1. The van der Waals surface area contributed by atoms with Crippen LogP contribution in [0, 0.1) is 0 Å². The van der Waals surface area contributed by atoms with Crippen LogP contribution in [-0.2, 0) is 6.42 Å². The normalized spacial score (nSPS) is 17.2. The standard InChI is InChI=1S/C18H22N2O2S.ClH/c1-3-13-4-6-14(7-5-13)16-11-19-8-9-20(16)18(21)17-10-15(22-2)12-23-17;/h4-7,10,12,16,19H,3,8-9,11H2,1-2H3;1H. The molecule has 6 heteroatoms. The van der Waals surface area contributed by atoms with Gasteiger partial charge in [-0.3, -0.25) is 4.79 Å². The Bertz CT molecular complexity index is 672. The van der Waals surface area contributed by atoms with Crippen molar-refractivity contribution >= 4 is 29.7 Å². The third-order valence-electron chi connectivity index (χ3n) is 4.30. The number of piperazine rings is 1. The lowest BCUT2D eigenvalue weighted by atomic mass is 10.0.